The Morgan fingerprint density at radius 3 is 2.73 bits per heavy atom. The quantitative estimate of drug-likeness (QED) is 0.767. The summed E-state index contributed by atoms with van der Waals surface area (Å²) in [4.78, 5) is 29.0. The van der Waals surface area contributed by atoms with E-state index in [0.717, 1.165) is 0 Å². The largest absolute Gasteiger partial charge is 0.460 e. The van der Waals surface area contributed by atoms with Gasteiger partial charge in [0.2, 0.25) is 5.91 Å². The van der Waals surface area contributed by atoms with Crippen LogP contribution in [-0.4, -0.2) is 43.2 Å². The summed E-state index contributed by atoms with van der Waals surface area (Å²) in [5.41, 5.74) is -0.395. The minimum absolute atomic E-state index is 0.0165. The molecule has 0 radical (unpaired) electrons. The van der Waals surface area contributed by atoms with Gasteiger partial charge in [-0.3, -0.25) is 14.6 Å². The Morgan fingerprint density at radius 2 is 2.09 bits per heavy atom. The minimum atomic E-state index is -3.64. The number of hydrogen-bond acceptors (Lipinski definition) is 6. The average molecular weight is 326 g/mol. The molecule has 22 heavy (non-hydrogen) atoms. The Morgan fingerprint density at radius 1 is 1.41 bits per heavy atom. The lowest BCUT2D eigenvalue weighted by Crippen LogP contribution is -2.42. The molecule has 8 heteroatoms. The lowest BCUT2D eigenvalue weighted by molar-refractivity contribution is -0.154. The molecule has 1 aromatic rings. The number of pyridine rings is 1. The Hall–Kier alpha value is -1.96. The maximum absolute atomic E-state index is 12.0. The van der Waals surface area contributed by atoms with E-state index in [-0.39, 0.29) is 23.5 Å². The van der Waals surface area contributed by atoms with Crippen LogP contribution in [0, 0.1) is 0 Å². The molecule has 0 atom stereocenters. The van der Waals surface area contributed by atoms with Gasteiger partial charge in [0, 0.05) is 12.7 Å². The predicted molar refractivity (Wildman–Crippen MR) is 79.1 cm³/mol. The Balaban J connectivity index is 2.18. The van der Waals surface area contributed by atoms with Crippen LogP contribution >= 0.6 is 0 Å². The molecule has 7 nitrogen and oxygen atoms in total. The van der Waals surface area contributed by atoms with Crippen LogP contribution in [0.2, 0.25) is 0 Å². The highest BCUT2D eigenvalue weighted by Gasteiger charge is 2.35. The van der Waals surface area contributed by atoms with Crippen LogP contribution in [0.15, 0.2) is 23.4 Å². The molecule has 1 aliphatic heterocycles. The van der Waals surface area contributed by atoms with Crippen LogP contribution in [0.25, 0.3) is 0 Å². The van der Waals surface area contributed by atoms with E-state index in [1.807, 2.05) is 0 Å². The summed E-state index contributed by atoms with van der Waals surface area (Å²) >= 11 is 0. The molecule has 1 aromatic heterocycles. The Labute approximate surface area is 129 Å². The number of aromatic nitrogens is 1. The molecule has 0 aromatic carbocycles. The summed E-state index contributed by atoms with van der Waals surface area (Å²) in [6, 6.07) is 1.36. The van der Waals surface area contributed by atoms with Crippen molar-refractivity contribution in [2.24, 2.45) is 0 Å². The topological polar surface area (TPSA) is 93.6 Å². The van der Waals surface area contributed by atoms with Gasteiger partial charge in [-0.2, -0.15) is 0 Å². The van der Waals surface area contributed by atoms with Crippen LogP contribution in [0.5, 0.6) is 0 Å². The number of ether oxygens (including phenoxy) is 1. The number of esters is 1. The molecular formula is C14H18N2O5S. The van der Waals surface area contributed by atoms with Gasteiger partial charge in [-0.25, -0.2) is 8.42 Å². The maximum atomic E-state index is 12.0. The van der Waals surface area contributed by atoms with Gasteiger partial charge in [-0.05, 0) is 26.8 Å². The van der Waals surface area contributed by atoms with Gasteiger partial charge in [-0.1, -0.05) is 0 Å². The van der Waals surface area contributed by atoms with E-state index in [4.69, 9.17) is 4.74 Å². The van der Waals surface area contributed by atoms with Crippen molar-refractivity contribution in [2.75, 3.05) is 17.2 Å². The van der Waals surface area contributed by atoms with Crippen molar-refractivity contribution in [2.45, 2.75) is 37.7 Å². The summed E-state index contributed by atoms with van der Waals surface area (Å²) in [5.74, 6) is -1.61. The van der Waals surface area contributed by atoms with Gasteiger partial charge < -0.3 is 9.64 Å². The summed E-state index contributed by atoms with van der Waals surface area (Å²) < 4.78 is 29.2. The Bertz CT molecular complexity index is 706. The third-order valence-electron chi connectivity index (χ3n) is 2.96. The molecule has 1 aliphatic rings. The number of nitrogens with zero attached hydrogens (tertiary/aromatic N) is 2. The fourth-order valence-electron chi connectivity index (χ4n) is 2.13. The molecule has 0 fully saturated rings. The molecule has 0 unspecified atom stereocenters. The molecule has 0 bridgehead atoms. The number of carbonyl (C=O) groups is 2. The number of carbonyl (C=O) groups excluding carboxylic acids is 2. The fraction of sp³-hybridized carbons (Fsp3) is 0.500. The van der Waals surface area contributed by atoms with Gasteiger partial charge in [-0.15, -0.1) is 0 Å². The van der Waals surface area contributed by atoms with Crippen molar-refractivity contribution in [3.8, 4) is 0 Å². The molecule has 2 rings (SSSR count). The second-order valence-electron chi connectivity index (χ2n) is 5.98. The van der Waals surface area contributed by atoms with Gasteiger partial charge >= 0.3 is 5.97 Å². The van der Waals surface area contributed by atoms with E-state index >= 15 is 0 Å². The highest BCUT2D eigenvalue weighted by atomic mass is 32.2. The Kier molecular flexibility index (Phi) is 4.23. The number of anilines is 1. The average Bonchev–Trinajstić information content (AvgIpc) is 2.35. The summed E-state index contributed by atoms with van der Waals surface area (Å²) in [7, 11) is -3.64. The van der Waals surface area contributed by atoms with E-state index in [1.54, 1.807) is 20.8 Å². The third kappa shape index (κ3) is 3.62. The van der Waals surface area contributed by atoms with Crippen LogP contribution in [0.4, 0.5) is 5.69 Å². The monoisotopic (exact) mass is 326 g/mol. The van der Waals surface area contributed by atoms with Gasteiger partial charge in [0.1, 0.15) is 11.4 Å². The minimum Gasteiger partial charge on any atom is -0.460 e. The second kappa shape index (κ2) is 5.68. The molecule has 0 saturated carbocycles. The van der Waals surface area contributed by atoms with E-state index < -0.39 is 33.1 Å². The molecule has 120 valence electrons. The summed E-state index contributed by atoms with van der Waals surface area (Å²) in [5, 5.41) is 0. The molecule has 2 heterocycles. The lowest BCUT2D eigenvalue weighted by atomic mass is 10.2. The lowest BCUT2D eigenvalue weighted by Gasteiger charge is -2.28. The molecular weight excluding hydrogens is 308 g/mol. The van der Waals surface area contributed by atoms with Crippen molar-refractivity contribution >= 4 is 27.4 Å². The van der Waals surface area contributed by atoms with Crippen LogP contribution < -0.4 is 4.90 Å². The van der Waals surface area contributed by atoms with Crippen molar-refractivity contribution < 1.29 is 22.7 Å². The molecule has 1 amide bonds. The predicted octanol–water partition coefficient (Wildman–Crippen LogP) is 0.934. The summed E-state index contributed by atoms with van der Waals surface area (Å²) in [6.45, 7) is 5.32. The van der Waals surface area contributed by atoms with E-state index in [9.17, 15) is 18.0 Å². The summed E-state index contributed by atoms with van der Waals surface area (Å²) in [6.07, 6.45) is 2.66. The van der Waals surface area contributed by atoms with Gasteiger partial charge in [0.05, 0.1) is 23.2 Å². The van der Waals surface area contributed by atoms with Gasteiger partial charge in [0.15, 0.2) is 9.84 Å². The third-order valence-corrected chi connectivity index (χ3v) is 4.60. The number of fused-ring (bicyclic) bond motifs is 1. The number of rotatable bonds is 3. The van der Waals surface area contributed by atoms with Crippen molar-refractivity contribution in [1.82, 2.24) is 4.98 Å². The molecule has 0 aliphatic carbocycles. The zero-order chi connectivity index (χ0) is 16.5. The highest BCUT2D eigenvalue weighted by Crippen LogP contribution is 2.30. The SMILES string of the molecule is CC(C)(C)OC(=O)CCN1C(=O)CS(=O)(=O)c2ccncc21. The number of sulfone groups is 1. The second-order valence-corrected chi connectivity index (χ2v) is 7.94. The van der Waals surface area contributed by atoms with E-state index in [1.165, 1.54) is 23.4 Å². The van der Waals surface area contributed by atoms with Crippen molar-refractivity contribution in [3.05, 3.63) is 18.5 Å². The number of amides is 1. The van der Waals surface area contributed by atoms with E-state index in [2.05, 4.69) is 4.98 Å². The van der Waals surface area contributed by atoms with Crippen LogP contribution in [-0.2, 0) is 24.2 Å². The highest BCUT2D eigenvalue weighted by molar-refractivity contribution is 7.92. The first-order valence-corrected chi connectivity index (χ1v) is 8.44. The van der Waals surface area contributed by atoms with Crippen molar-refractivity contribution in [1.29, 1.82) is 0 Å². The fourth-order valence-corrected chi connectivity index (χ4v) is 3.52. The van der Waals surface area contributed by atoms with Crippen LogP contribution in [0.1, 0.15) is 27.2 Å². The zero-order valence-electron chi connectivity index (χ0n) is 12.7. The first-order valence-electron chi connectivity index (χ1n) is 6.79. The van der Waals surface area contributed by atoms with Crippen LogP contribution in [0.3, 0.4) is 0 Å². The standard InChI is InChI=1S/C14H18N2O5S/c1-14(2,3)21-13(18)5-7-16-10-8-15-6-4-11(10)22(19,20)9-12(16)17/h4,6,8H,5,7,9H2,1-3H3. The number of hydrogen-bond donors (Lipinski definition) is 0. The first-order chi connectivity index (χ1) is 10.1. The smallest absolute Gasteiger partial charge is 0.308 e. The first kappa shape index (κ1) is 16.4. The van der Waals surface area contributed by atoms with Crippen molar-refractivity contribution in [3.63, 3.8) is 0 Å². The normalized spacial score (nSPS) is 17.0. The zero-order valence-corrected chi connectivity index (χ0v) is 13.5. The van der Waals surface area contributed by atoms with E-state index in [0.29, 0.717) is 0 Å². The molecule has 0 N–H and O–H groups in total. The van der Waals surface area contributed by atoms with Gasteiger partial charge in [0.25, 0.3) is 0 Å². The molecule has 0 spiro atoms. The molecule has 0 saturated heterocycles. The maximum Gasteiger partial charge on any atom is 0.308 e.